The molecule has 3 nitrogen and oxygen atoms in total. The van der Waals surface area contributed by atoms with E-state index in [1.807, 2.05) is 30.1 Å². The Labute approximate surface area is 83.3 Å². The monoisotopic (exact) mass is 200 g/mol. The molecule has 13 heavy (non-hydrogen) atoms. The number of halogens is 1. The number of anilines is 1. The molecule has 0 bridgehead atoms. The normalized spacial score (nSPS) is 9.77. The Morgan fingerprint density at radius 3 is 2.92 bits per heavy atom. The average Bonchev–Trinajstić information content (AvgIpc) is 2.18. The van der Waals surface area contributed by atoms with Gasteiger partial charge in [-0.1, -0.05) is 6.07 Å². The van der Waals surface area contributed by atoms with Crippen LogP contribution < -0.4 is 9.64 Å². The molecule has 1 aromatic rings. The lowest BCUT2D eigenvalue weighted by atomic mass is 10.4. The topological polar surface area (TPSA) is 25.4 Å². The highest BCUT2D eigenvalue weighted by Gasteiger charge is 2.01. The van der Waals surface area contributed by atoms with Gasteiger partial charge in [-0.15, -0.1) is 11.6 Å². The molecule has 0 aliphatic carbocycles. The summed E-state index contributed by atoms with van der Waals surface area (Å²) in [5.41, 5.74) is 0. The highest BCUT2D eigenvalue weighted by molar-refractivity contribution is 6.18. The first-order valence-electron chi connectivity index (χ1n) is 4.06. The molecule has 0 aromatic carbocycles. The summed E-state index contributed by atoms with van der Waals surface area (Å²) in [6.07, 6.45) is 0. The molecule has 0 amide bonds. The third-order valence-electron chi connectivity index (χ3n) is 1.73. The first kappa shape index (κ1) is 10.1. The standard InChI is InChI=1S/C9H13ClN2O/c1-12(7-6-10)8-4-3-5-9(11-8)13-2/h3-5H,6-7H2,1-2H3. The van der Waals surface area contributed by atoms with Gasteiger partial charge in [-0.05, 0) is 6.07 Å². The quantitative estimate of drug-likeness (QED) is 0.693. The molecule has 0 atom stereocenters. The number of hydrogen-bond acceptors (Lipinski definition) is 3. The Morgan fingerprint density at radius 2 is 2.31 bits per heavy atom. The van der Waals surface area contributed by atoms with Gasteiger partial charge in [-0.25, -0.2) is 0 Å². The number of methoxy groups -OCH3 is 1. The molecule has 1 rings (SSSR count). The molecular formula is C9H13ClN2O. The predicted octanol–water partition coefficient (Wildman–Crippen LogP) is 1.77. The molecule has 0 unspecified atom stereocenters. The molecule has 0 spiro atoms. The lowest BCUT2D eigenvalue weighted by Gasteiger charge is -2.16. The summed E-state index contributed by atoms with van der Waals surface area (Å²) >= 11 is 5.62. The van der Waals surface area contributed by atoms with Crippen molar-refractivity contribution >= 4 is 17.4 Å². The van der Waals surface area contributed by atoms with Crippen LogP contribution in [0.3, 0.4) is 0 Å². The predicted molar refractivity (Wildman–Crippen MR) is 54.8 cm³/mol. The van der Waals surface area contributed by atoms with Crippen molar-refractivity contribution < 1.29 is 4.74 Å². The SMILES string of the molecule is COc1cccc(N(C)CCCl)n1. The summed E-state index contributed by atoms with van der Waals surface area (Å²) < 4.78 is 5.01. The molecule has 0 saturated heterocycles. The zero-order valence-corrected chi connectivity index (χ0v) is 8.58. The van der Waals surface area contributed by atoms with E-state index >= 15 is 0 Å². The van der Waals surface area contributed by atoms with Crippen LogP contribution >= 0.6 is 11.6 Å². The lowest BCUT2D eigenvalue weighted by molar-refractivity contribution is 0.398. The van der Waals surface area contributed by atoms with Gasteiger partial charge in [0.15, 0.2) is 0 Å². The number of nitrogens with zero attached hydrogens (tertiary/aromatic N) is 2. The summed E-state index contributed by atoms with van der Waals surface area (Å²) in [6, 6.07) is 5.65. The van der Waals surface area contributed by atoms with Crippen molar-refractivity contribution in [3.63, 3.8) is 0 Å². The van der Waals surface area contributed by atoms with Gasteiger partial charge in [0.05, 0.1) is 7.11 Å². The van der Waals surface area contributed by atoms with Gasteiger partial charge < -0.3 is 9.64 Å². The third kappa shape index (κ3) is 2.77. The van der Waals surface area contributed by atoms with E-state index in [0.717, 1.165) is 12.4 Å². The number of hydrogen-bond donors (Lipinski definition) is 0. The van der Waals surface area contributed by atoms with E-state index in [0.29, 0.717) is 11.8 Å². The Kier molecular flexibility index (Phi) is 3.83. The van der Waals surface area contributed by atoms with E-state index in [9.17, 15) is 0 Å². The molecule has 0 fully saturated rings. The van der Waals surface area contributed by atoms with Gasteiger partial charge in [0.2, 0.25) is 5.88 Å². The second-order valence-corrected chi connectivity index (χ2v) is 3.03. The van der Waals surface area contributed by atoms with Crippen LogP contribution in [0.1, 0.15) is 0 Å². The summed E-state index contributed by atoms with van der Waals surface area (Å²) in [6.45, 7) is 0.779. The minimum absolute atomic E-state index is 0.593. The van der Waals surface area contributed by atoms with Gasteiger partial charge in [0, 0.05) is 25.5 Å². The van der Waals surface area contributed by atoms with Crippen LogP contribution in [0, 0.1) is 0 Å². The average molecular weight is 201 g/mol. The van der Waals surface area contributed by atoms with E-state index < -0.39 is 0 Å². The van der Waals surface area contributed by atoms with Gasteiger partial charge in [0.1, 0.15) is 5.82 Å². The van der Waals surface area contributed by atoms with Crippen LogP contribution in [0.2, 0.25) is 0 Å². The number of ether oxygens (including phenoxy) is 1. The summed E-state index contributed by atoms with van der Waals surface area (Å²) in [5.74, 6) is 2.09. The molecule has 0 aliphatic heterocycles. The van der Waals surface area contributed by atoms with Crippen LogP contribution in [-0.2, 0) is 0 Å². The smallest absolute Gasteiger partial charge is 0.214 e. The van der Waals surface area contributed by atoms with Gasteiger partial charge >= 0.3 is 0 Å². The second-order valence-electron chi connectivity index (χ2n) is 2.65. The number of aromatic nitrogens is 1. The van der Waals surface area contributed by atoms with Crippen molar-refractivity contribution in [2.24, 2.45) is 0 Å². The van der Waals surface area contributed by atoms with Crippen molar-refractivity contribution in [3.05, 3.63) is 18.2 Å². The lowest BCUT2D eigenvalue weighted by Crippen LogP contribution is -2.20. The fraction of sp³-hybridized carbons (Fsp3) is 0.444. The van der Waals surface area contributed by atoms with Crippen LogP contribution in [0.5, 0.6) is 5.88 Å². The van der Waals surface area contributed by atoms with Crippen molar-refractivity contribution in [2.75, 3.05) is 31.5 Å². The zero-order valence-electron chi connectivity index (χ0n) is 7.83. The van der Waals surface area contributed by atoms with Gasteiger partial charge in [-0.3, -0.25) is 0 Å². The fourth-order valence-corrected chi connectivity index (χ4v) is 1.23. The van der Waals surface area contributed by atoms with Crippen molar-refractivity contribution in [1.82, 2.24) is 4.98 Å². The maximum absolute atomic E-state index is 5.62. The number of alkyl halides is 1. The van der Waals surface area contributed by atoms with E-state index in [1.54, 1.807) is 7.11 Å². The molecule has 0 aliphatic rings. The molecule has 0 N–H and O–H groups in total. The first-order valence-corrected chi connectivity index (χ1v) is 4.59. The highest BCUT2D eigenvalue weighted by Crippen LogP contribution is 2.13. The maximum Gasteiger partial charge on any atom is 0.214 e. The molecular weight excluding hydrogens is 188 g/mol. The maximum atomic E-state index is 5.62. The van der Waals surface area contributed by atoms with Crippen LogP contribution in [0.25, 0.3) is 0 Å². The number of pyridine rings is 1. The first-order chi connectivity index (χ1) is 6.27. The minimum Gasteiger partial charge on any atom is -0.481 e. The minimum atomic E-state index is 0.593. The van der Waals surface area contributed by atoms with Crippen molar-refractivity contribution in [2.45, 2.75) is 0 Å². The van der Waals surface area contributed by atoms with E-state index in [4.69, 9.17) is 16.3 Å². The molecule has 4 heteroatoms. The Balaban J connectivity index is 2.75. The van der Waals surface area contributed by atoms with E-state index in [-0.39, 0.29) is 0 Å². The Morgan fingerprint density at radius 1 is 1.54 bits per heavy atom. The fourth-order valence-electron chi connectivity index (χ4n) is 0.972. The summed E-state index contributed by atoms with van der Waals surface area (Å²) in [4.78, 5) is 6.24. The summed E-state index contributed by atoms with van der Waals surface area (Å²) in [5, 5.41) is 0. The van der Waals surface area contributed by atoms with Crippen LogP contribution in [0.4, 0.5) is 5.82 Å². The van der Waals surface area contributed by atoms with Gasteiger partial charge in [0.25, 0.3) is 0 Å². The molecule has 1 heterocycles. The molecule has 1 aromatic heterocycles. The van der Waals surface area contributed by atoms with E-state index in [1.165, 1.54) is 0 Å². The number of rotatable bonds is 4. The van der Waals surface area contributed by atoms with Crippen molar-refractivity contribution in [1.29, 1.82) is 0 Å². The van der Waals surface area contributed by atoms with Crippen LogP contribution in [-0.4, -0.2) is 31.6 Å². The highest BCUT2D eigenvalue weighted by atomic mass is 35.5. The third-order valence-corrected chi connectivity index (χ3v) is 1.90. The molecule has 0 saturated carbocycles. The Bertz CT molecular complexity index is 268. The van der Waals surface area contributed by atoms with Crippen molar-refractivity contribution in [3.8, 4) is 5.88 Å². The molecule has 72 valence electrons. The molecule has 0 radical (unpaired) electrons. The largest absolute Gasteiger partial charge is 0.481 e. The van der Waals surface area contributed by atoms with Gasteiger partial charge in [-0.2, -0.15) is 4.98 Å². The second kappa shape index (κ2) is 4.92. The summed E-state index contributed by atoms with van der Waals surface area (Å²) in [7, 11) is 3.55. The Hall–Kier alpha value is -0.960. The van der Waals surface area contributed by atoms with E-state index in [2.05, 4.69) is 4.98 Å². The zero-order chi connectivity index (χ0) is 9.68. The van der Waals surface area contributed by atoms with Crippen LogP contribution in [0.15, 0.2) is 18.2 Å².